The molecule has 0 atom stereocenters. The summed E-state index contributed by atoms with van der Waals surface area (Å²) in [6.07, 6.45) is 7.34. The summed E-state index contributed by atoms with van der Waals surface area (Å²) < 4.78 is 31.8. The summed E-state index contributed by atoms with van der Waals surface area (Å²) in [7, 11) is 1.85. The van der Waals surface area contributed by atoms with Crippen LogP contribution in [0.4, 0.5) is 20.5 Å². The van der Waals surface area contributed by atoms with E-state index in [0.717, 1.165) is 81.2 Å². The van der Waals surface area contributed by atoms with Crippen LogP contribution in [0.15, 0.2) is 36.7 Å². The molecule has 0 radical (unpaired) electrons. The average molecular weight is 505 g/mol. The first kappa shape index (κ1) is 23.9. The van der Waals surface area contributed by atoms with Crippen LogP contribution in [0.3, 0.4) is 0 Å². The Morgan fingerprint density at radius 1 is 1.03 bits per heavy atom. The minimum absolute atomic E-state index is 0.0369. The van der Waals surface area contributed by atoms with Crippen LogP contribution in [0.25, 0.3) is 22.2 Å². The number of anilines is 2. The number of hydrogen-bond acceptors (Lipinski definition) is 7. The molecule has 2 fully saturated rings. The minimum Gasteiger partial charge on any atom is -0.314 e. The van der Waals surface area contributed by atoms with Crippen LogP contribution in [0, 0.1) is 11.6 Å². The van der Waals surface area contributed by atoms with E-state index in [2.05, 4.69) is 35.6 Å². The van der Waals surface area contributed by atoms with Crippen LogP contribution in [0.5, 0.6) is 0 Å². The lowest BCUT2D eigenvalue weighted by Crippen LogP contribution is -2.42. The highest BCUT2D eigenvalue weighted by Gasteiger charge is 2.25. The summed E-state index contributed by atoms with van der Waals surface area (Å²) in [5.74, 6) is -0.0187. The number of aromatic nitrogens is 5. The van der Waals surface area contributed by atoms with Crippen LogP contribution < -0.4 is 10.6 Å². The van der Waals surface area contributed by atoms with E-state index in [1.54, 1.807) is 10.7 Å². The molecule has 4 heterocycles. The van der Waals surface area contributed by atoms with Crippen molar-refractivity contribution in [3.05, 3.63) is 59.6 Å². The number of piperazine rings is 1. The quantitative estimate of drug-likeness (QED) is 0.400. The molecule has 4 aromatic rings. The van der Waals surface area contributed by atoms with Crippen molar-refractivity contribution in [3.63, 3.8) is 0 Å². The van der Waals surface area contributed by atoms with Gasteiger partial charge < -0.3 is 10.6 Å². The van der Waals surface area contributed by atoms with Gasteiger partial charge in [-0.3, -0.25) is 9.58 Å². The number of hydrogen-bond donors (Lipinski definition) is 2. The fourth-order valence-corrected chi connectivity index (χ4v) is 5.56. The van der Waals surface area contributed by atoms with Gasteiger partial charge in [0.05, 0.1) is 6.20 Å². The normalized spacial score (nSPS) is 17.1. The van der Waals surface area contributed by atoms with Gasteiger partial charge in [0.15, 0.2) is 11.6 Å². The minimum atomic E-state index is -0.616. The van der Waals surface area contributed by atoms with E-state index in [-0.39, 0.29) is 11.6 Å². The van der Waals surface area contributed by atoms with Gasteiger partial charge in [0.1, 0.15) is 17.0 Å². The molecule has 37 heavy (non-hydrogen) atoms. The van der Waals surface area contributed by atoms with Gasteiger partial charge in [-0.15, -0.1) is 0 Å². The molecular weight excluding hydrogens is 474 g/mol. The Morgan fingerprint density at radius 2 is 1.84 bits per heavy atom. The molecule has 1 aromatic carbocycles. The predicted molar refractivity (Wildman–Crippen MR) is 139 cm³/mol. The van der Waals surface area contributed by atoms with E-state index in [4.69, 9.17) is 0 Å². The Hall–Kier alpha value is -3.50. The molecule has 10 heteroatoms. The maximum Gasteiger partial charge on any atom is 0.229 e. The van der Waals surface area contributed by atoms with Crippen LogP contribution in [-0.4, -0.2) is 55.8 Å². The average Bonchev–Trinajstić information content (AvgIpc) is 3.54. The summed E-state index contributed by atoms with van der Waals surface area (Å²) in [5.41, 5.74) is 2.83. The zero-order chi connectivity index (χ0) is 25.4. The highest BCUT2D eigenvalue weighted by Crippen LogP contribution is 2.39. The molecule has 3 aromatic heterocycles. The first-order valence-electron chi connectivity index (χ1n) is 12.9. The van der Waals surface area contributed by atoms with Crippen molar-refractivity contribution in [1.82, 2.24) is 34.9 Å². The molecule has 1 aliphatic heterocycles. The summed E-state index contributed by atoms with van der Waals surface area (Å²) in [4.78, 5) is 15.3. The molecule has 0 spiro atoms. The van der Waals surface area contributed by atoms with E-state index in [9.17, 15) is 4.39 Å². The van der Waals surface area contributed by atoms with E-state index < -0.39 is 11.6 Å². The third-order valence-electron chi connectivity index (χ3n) is 7.38. The third kappa shape index (κ3) is 4.91. The van der Waals surface area contributed by atoms with Crippen LogP contribution in [0.1, 0.15) is 42.9 Å². The molecule has 1 aliphatic carbocycles. The lowest BCUT2D eigenvalue weighted by Gasteiger charge is -2.27. The zero-order valence-corrected chi connectivity index (χ0v) is 20.8. The fourth-order valence-electron chi connectivity index (χ4n) is 5.56. The van der Waals surface area contributed by atoms with Gasteiger partial charge in [0.2, 0.25) is 5.95 Å². The molecule has 0 amide bonds. The molecule has 2 aliphatic rings. The highest BCUT2D eigenvalue weighted by molar-refractivity contribution is 5.87. The van der Waals surface area contributed by atoms with E-state index in [0.29, 0.717) is 22.8 Å². The maximum atomic E-state index is 15.1. The zero-order valence-electron chi connectivity index (χ0n) is 20.8. The Morgan fingerprint density at radius 3 is 2.59 bits per heavy atom. The molecule has 0 unspecified atom stereocenters. The number of aryl methyl sites for hydroxylation is 1. The third-order valence-corrected chi connectivity index (χ3v) is 7.38. The molecule has 1 saturated carbocycles. The summed E-state index contributed by atoms with van der Waals surface area (Å²) in [6, 6.07) is 6.97. The SMILES string of the molecule is Cn1nc2c(F)cc(-c3nc(Nc4ccc(CN5CCNCC5)cn4)ncc3F)cc2c1C1CCCC1. The van der Waals surface area contributed by atoms with Crippen LogP contribution in [0.2, 0.25) is 0 Å². The Labute approximate surface area is 214 Å². The number of nitrogens with zero attached hydrogens (tertiary/aromatic N) is 6. The second-order valence-corrected chi connectivity index (χ2v) is 9.94. The Bertz CT molecular complexity index is 1410. The largest absolute Gasteiger partial charge is 0.314 e. The van der Waals surface area contributed by atoms with Crippen molar-refractivity contribution in [3.8, 4) is 11.3 Å². The molecule has 2 N–H and O–H groups in total. The van der Waals surface area contributed by atoms with E-state index in [1.807, 2.05) is 25.4 Å². The van der Waals surface area contributed by atoms with Crippen molar-refractivity contribution in [2.24, 2.45) is 7.05 Å². The van der Waals surface area contributed by atoms with E-state index >= 15 is 4.39 Å². The highest BCUT2D eigenvalue weighted by atomic mass is 19.1. The first-order chi connectivity index (χ1) is 18.0. The summed E-state index contributed by atoms with van der Waals surface area (Å²) >= 11 is 0. The topological polar surface area (TPSA) is 83.8 Å². The van der Waals surface area contributed by atoms with Crippen LogP contribution in [-0.2, 0) is 13.6 Å². The monoisotopic (exact) mass is 504 g/mol. The van der Waals surface area contributed by atoms with Gasteiger partial charge >= 0.3 is 0 Å². The molecule has 1 saturated heterocycles. The van der Waals surface area contributed by atoms with Crippen molar-refractivity contribution < 1.29 is 8.78 Å². The van der Waals surface area contributed by atoms with Crippen molar-refractivity contribution in [2.45, 2.75) is 38.1 Å². The molecule has 8 nitrogen and oxygen atoms in total. The van der Waals surface area contributed by atoms with Gasteiger partial charge in [0, 0.05) is 68.5 Å². The maximum absolute atomic E-state index is 15.1. The van der Waals surface area contributed by atoms with Gasteiger partial charge in [0.25, 0.3) is 0 Å². The number of halogens is 2. The number of rotatable bonds is 6. The lowest BCUT2D eigenvalue weighted by molar-refractivity contribution is 0.233. The smallest absolute Gasteiger partial charge is 0.229 e. The standard InChI is InChI=1S/C27H30F2N8/c1-36-26(18-4-2-3-5-18)20-12-19(13-21(28)25(20)35-36)24-22(29)15-32-27(34-24)33-23-7-6-17(14-31-23)16-37-10-8-30-9-11-37/h6-7,12-15,18,30H,2-5,8-11,16H2,1H3,(H,31,32,33,34). The van der Waals surface area contributed by atoms with Gasteiger partial charge in [-0.05, 0) is 36.6 Å². The second kappa shape index (κ2) is 10.1. The Balaban J connectivity index is 1.26. The lowest BCUT2D eigenvalue weighted by atomic mass is 9.98. The molecule has 6 rings (SSSR count). The molecule has 192 valence electrons. The van der Waals surface area contributed by atoms with Crippen LogP contribution >= 0.6 is 0 Å². The van der Waals surface area contributed by atoms with Gasteiger partial charge in [-0.2, -0.15) is 5.10 Å². The first-order valence-corrected chi connectivity index (χ1v) is 12.9. The van der Waals surface area contributed by atoms with Gasteiger partial charge in [-0.25, -0.2) is 23.7 Å². The van der Waals surface area contributed by atoms with Crippen molar-refractivity contribution in [1.29, 1.82) is 0 Å². The molecule has 0 bridgehead atoms. The predicted octanol–water partition coefficient (Wildman–Crippen LogP) is 4.51. The number of fused-ring (bicyclic) bond motifs is 1. The fraction of sp³-hybridized carbons (Fsp3) is 0.407. The second-order valence-electron chi connectivity index (χ2n) is 9.94. The van der Waals surface area contributed by atoms with Crippen molar-refractivity contribution in [2.75, 3.05) is 31.5 Å². The van der Waals surface area contributed by atoms with Gasteiger partial charge in [-0.1, -0.05) is 18.9 Å². The summed E-state index contributed by atoms with van der Waals surface area (Å²) in [5, 5.41) is 11.5. The summed E-state index contributed by atoms with van der Waals surface area (Å²) in [6.45, 7) is 4.87. The Kier molecular flexibility index (Phi) is 6.52. The number of benzene rings is 1. The number of nitrogens with one attached hydrogen (secondary N) is 2. The van der Waals surface area contributed by atoms with E-state index in [1.165, 1.54) is 6.07 Å². The molecular formula is C27H30F2N8. The van der Waals surface area contributed by atoms with Crippen molar-refractivity contribution >= 4 is 22.7 Å². The number of pyridine rings is 1.